The average molecular weight is 425 g/mol. The van der Waals surface area contributed by atoms with Crippen LogP contribution in [0.5, 0.6) is 0 Å². The molecular formula is C19H28N4O5S. The number of aromatic nitrogens is 1. The molecule has 4 rings (SSSR count). The molecule has 0 amide bonds. The van der Waals surface area contributed by atoms with Gasteiger partial charge in [0.1, 0.15) is 0 Å². The van der Waals surface area contributed by atoms with Crippen LogP contribution in [-0.2, 0) is 21.8 Å². The Bertz CT molecular complexity index is 1000. The van der Waals surface area contributed by atoms with E-state index in [1.807, 2.05) is 0 Å². The first-order chi connectivity index (χ1) is 14.0. The highest BCUT2D eigenvalue weighted by atomic mass is 32.2. The number of nitrogens with one attached hydrogen (secondary N) is 1. The van der Waals surface area contributed by atoms with E-state index >= 15 is 0 Å². The highest BCUT2D eigenvalue weighted by Gasteiger charge is 2.33. The van der Waals surface area contributed by atoms with Crippen molar-refractivity contribution in [3.8, 4) is 0 Å². The maximum absolute atomic E-state index is 13.6. The predicted molar refractivity (Wildman–Crippen MR) is 108 cm³/mol. The molecule has 1 aromatic carbocycles. The maximum Gasteiger partial charge on any atom is 0.419 e. The van der Waals surface area contributed by atoms with Gasteiger partial charge in [-0.1, -0.05) is 0 Å². The second kappa shape index (κ2) is 8.57. The van der Waals surface area contributed by atoms with Crippen molar-refractivity contribution < 1.29 is 17.6 Å². The van der Waals surface area contributed by atoms with E-state index in [0.29, 0.717) is 38.4 Å². The van der Waals surface area contributed by atoms with E-state index in [2.05, 4.69) is 10.2 Å². The molecule has 2 saturated heterocycles. The van der Waals surface area contributed by atoms with Crippen molar-refractivity contribution in [2.45, 2.75) is 23.8 Å². The van der Waals surface area contributed by atoms with Crippen molar-refractivity contribution in [3.63, 3.8) is 0 Å². The van der Waals surface area contributed by atoms with E-state index in [-0.39, 0.29) is 16.5 Å². The first kappa shape index (κ1) is 20.5. The third kappa shape index (κ3) is 4.26. The molecule has 1 atom stereocenters. The van der Waals surface area contributed by atoms with Gasteiger partial charge in [0.25, 0.3) is 0 Å². The molecule has 2 aliphatic heterocycles. The molecule has 160 valence electrons. The molecule has 0 saturated carbocycles. The first-order valence-electron chi connectivity index (χ1n) is 10.1. The number of fused-ring (bicyclic) bond motifs is 1. The molecule has 0 aliphatic carbocycles. The number of morpholine rings is 1. The number of rotatable bonds is 6. The van der Waals surface area contributed by atoms with E-state index < -0.39 is 15.8 Å². The SMILES string of the molecule is Cn1c(=O)oc2cc(S(=O)(=O)N(CCN3CCOCC3)C3CCCNC3)ccc21. The monoisotopic (exact) mass is 424 g/mol. The fourth-order valence-corrected chi connectivity index (χ4v) is 5.71. The Morgan fingerprint density at radius 2 is 2.07 bits per heavy atom. The van der Waals surface area contributed by atoms with Gasteiger partial charge in [-0.15, -0.1) is 0 Å². The molecule has 2 aromatic rings. The highest BCUT2D eigenvalue weighted by Crippen LogP contribution is 2.25. The summed E-state index contributed by atoms with van der Waals surface area (Å²) in [6.07, 6.45) is 1.78. The molecule has 1 unspecified atom stereocenters. The largest absolute Gasteiger partial charge is 0.419 e. The minimum absolute atomic E-state index is 0.0896. The zero-order valence-corrected chi connectivity index (χ0v) is 17.5. The predicted octanol–water partition coefficient (Wildman–Crippen LogP) is 0.206. The van der Waals surface area contributed by atoms with Gasteiger partial charge in [0.05, 0.1) is 23.6 Å². The molecule has 1 aromatic heterocycles. The minimum Gasteiger partial charge on any atom is -0.408 e. The second-order valence-electron chi connectivity index (χ2n) is 7.63. The van der Waals surface area contributed by atoms with Crippen LogP contribution in [0.25, 0.3) is 11.1 Å². The van der Waals surface area contributed by atoms with Crippen molar-refractivity contribution in [2.24, 2.45) is 7.05 Å². The summed E-state index contributed by atoms with van der Waals surface area (Å²) in [7, 11) is -2.13. The third-order valence-electron chi connectivity index (χ3n) is 5.79. The van der Waals surface area contributed by atoms with Crippen LogP contribution in [0, 0.1) is 0 Å². The molecule has 2 fully saturated rings. The van der Waals surface area contributed by atoms with Crippen molar-refractivity contribution in [2.75, 3.05) is 52.5 Å². The quantitative estimate of drug-likeness (QED) is 0.708. The summed E-state index contributed by atoms with van der Waals surface area (Å²) in [6, 6.07) is 4.56. The molecule has 10 heteroatoms. The number of nitrogens with zero attached hydrogens (tertiary/aromatic N) is 3. The van der Waals surface area contributed by atoms with Crippen LogP contribution in [0.4, 0.5) is 0 Å². The van der Waals surface area contributed by atoms with Gasteiger partial charge in [0.2, 0.25) is 10.0 Å². The van der Waals surface area contributed by atoms with Gasteiger partial charge in [-0.05, 0) is 31.5 Å². The van der Waals surface area contributed by atoms with Gasteiger partial charge in [-0.25, -0.2) is 13.2 Å². The second-order valence-corrected chi connectivity index (χ2v) is 9.52. The number of oxazole rings is 1. The summed E-state index contributed by atoms with van der Waals surface area (Å²) >= 11 is 0. The topological polar surface area (TPSA) is 97.0 Å². The van der Waals surface area contributed by atoms with Crippen LogP contribution in [-0.4, -0.2) is 80.7 Å². The Kier molecular flexibility index (Phi) is 6.07. The lowest BCUT2D eigenvalue weighted by Gasteiger charge is -2.36. The molecule has 0 spiro atoms. The smallest absolute Gasteiger partial charge is 0.408 e. The number of aryl methyl sites for hydroxylation is 1. The van der Waals surface area contributed by atoms with E-state index in [4.69, 9.17) is 9.15 Å². The number of benzene rings is 1. The van der Waals surface area contributed by atoms with Gasteiger partial charge >= 0.3 is 5.76 Å². The highest BCUT2D eigenvalue weighted by molar-refractivity contribution is 7.89. The maximum atomic E-state index is 13.6. The van der Waals surface area contributed by atoms with Crippen LogP contribution in [0.3, 0.4) is 0 Å². The standard InChI is InChI=1S/C19H28N4O5S/c1-21-17-5-4-16(13-18(17)28-19(21)24)29(25,26)23(15-3-2-6-20-14-15)8-7-22-9-11-27-12-10-22/h4-5,13,15,20H,2-3,6-12,14H2,1H3. The number of piperidine rings is 1. The summed E-state index contributed by atoms with van der Waals surface area (Å²) in [5.74, 6) is -0.504. The van der Waals surface area contributed by atoms with E-state index in [1.54, 1.807) is 23.5 Å². The van der Waals surface area contributed by atoms with Gasteiger partial charge in [0, 0.05) is 51.9 Å². The zero-order valence-electron chi connectivity index (χ0n) is 16.7. The van der Waals surface area contributed by atoms with Crippen LogP contribution in [0.1, 0.15) is 12.8 Å². The van der Waals surface area contributed by atoms with Crippen molar-refractivity contribution in [1.82, 2.24) is 19.1 Å². The third-order valence-corrected chi connectivity index (χ3v) is 7.74. The van der Waals surface area contributed by atoms with Crippen LogP contribution in [0.15, 0.2) is 32.3 Å². The van der Waals surface area contributed by atoms with E-state index in [1.165, 1.54) is 10.6 Å². The van der Waals surface area contributed by atoms with Gasteiger partial charge in [0.15, 0.2) is 5.58 Å². The summed E-state index contributed by atoms with van der Waals surface area (Å²) in [5, 5.41) is 3.31. The van der Waals surface area contributed by atoms with E-state index in [0.717, 1.165) is 32.5 Å². The number of sulfonamides is 1. The van der Waals surface area contributed by atoms with Crippen molar-refractivity contribution >= 4 is 21.1 Å². The Balaban J connectivity index is 1.62. The molecule has 1 N–H and O–H groups in total. The first-order valence-corrected chi connectivity index (χ1v) is 11.5. The zero-order chi connectivity index (χ0) is 20.4. The van der Waals surface area contributed by atoms with Crippen molar-refractivity contribution in [3.05, 3.63) is 28.7 Å². The van der Waals surface area contributed by atoms with Crippen LogP contribution < -0.4 is 11.1 Å². The fraction of sp³-hybridized carbons (Fsp3) is 0.632. The average Bonchev–Trinajstić information content (AvgIpc) is 3.03. The molecule has 3 heterocycles. The molecular weight excluding hydrogens is 396 g/mol. The van der Waals surface area contributed by atoms with Gasteiger partial charge in [-0.2, -0.15) is 4.31 Å². The Morgan fingerprint density at radius 3 is 2.79 bits per heavy atom. The van der Waals surface area contributed by atoms with Crippen LogP contribution >= 0.6 is 0 Å². The lowest BCUT2D eigenvalue weighted by atomic mass is 10.1. The Labute approximate surface area is 170 Å². The Morgan fingerprint density at radius 1 is 1.28 bits per heavy atom. The normalized spacial score (nSPS) is 21.8. The number of hydrogen-bond acceptors (Lipinski definition) is 7. The minimum atomic E-state index is -3.73. The van der Waals surface area contributed by atoms with Gasteiger partial charge < -0.3 is 14.5 Å². The fourth-order valence-electron chi connectivity index (χ4n) is 4.05. The number of hydrogen-bond donors (Lipinski definition) is 1. The lowest BCUT2D eigenvalue weighted by Crippen LogP contribution is -2.51. The van der Waals surface area contributed by atoms with Gasteiger partial charge in [-0.3, -0.25) is 9.47 Å². The molecule has 0 bridgehead atoms. The summed E-state index contributed by atoms with van der Waals surface area (Å²) < 4.78 is 40.7. The van der Waals surface area contributed by atoms with E-state index in [9.17, 15) is 13.2 Å². The molecule has 29 heavy (non-hydrogen) atoms. The summed E-state index contributed by atoms with van der Waals surface area (Å²) in [6.45, 7) is 5.64. The summed E-state index contributed by atoms with van der Waals surface area (Å²) in [4.78, 5) is 14.2. The molecule has 0 radical (unpaired) electrons. The van der Waals surface area contributed by atoms with Crippen LogP contribution in [0.2, 0.25) is 0 Å². The Hall–Kier alpha value is -1.72. The summed E-state index contributed by atoms with van der Waals surface area (Å²) in [5.41, 5.74) is 0.863. The van der Waals surface area contributed by atoms with Crippen molar-refractivity contribution in [1.29, 1.82) is 0 Å². The molecule has 9 nitrogen and oxygen atoms in total. The molecule has 2 aliphatic rings. The lowest BCUT2D eigenvalue weighted by molar-refractivity contribution is 0.0350. The number of ether oxygens (including phenoxy) is 1.